The van der Waals surface area contributed by atoms with E-state index in [4.69, 9.17) is 5.73 Å². The number of nitrogens with zero attached hydrogens (tertiary/aromatic N) is 3. The Bertz CT molecular complexity index is 666. The highest BCUT2D eigenvalue weighted by Crippen LogP contribution is 2.36. The van der Waals surface area contributed by atoms with E-state index in [2.05, 4.69) is 9.88 Å². The van der Waals surface area contributed by atoms with Crippen LogP contribution in [-0.4, -0.2) is 29.5 Å². The first-order valence-corrected chi connectivity index (χ1v) is 7.18. The summed E-state index contributed by atoms with van der Waals surface area (Å²) < 4.78 is 0. The molecule has 2 N–H and O–H groups in total. The molecular formula is C15H18N4O2. The summed E-state index contributed by atoms with van der Waals surface area (Å²) in [6, 6.07) is 7.17. The summed E-state index contributed by atoms with van der Waals surface area (Å²) in [6.45, 7) is 2.32. The highest BCUT2D eigenvalue weighted by molar-refractivity contribution is 5.94. The minimum Gasteiger partial charge on any atom is -0.366 e. The number of rotatable bonds is 3. The van der Waals surface area contributed by atoms with Gasteiger partial charge in [0, 0.05) is 19.3 Å². The first-order chi connectivity index (χ1) is 10.2. The van der Waals surface area contributed by atoms with Crippen molar-refractivity contribution in [2.45, 2.75) is 12.8 Å². The molecule has 6 heteroatoms. The molecule has 0 radical (unpaired) electrons. The third-order valence-electron chi connectivity index (χ3n) is 4.21. The maximum atomic E-state index is 11.5. The van der Waals surface area contributed by atoms with E-state index in [0.717, 1.165) is 25.9 Å². The predicted octanol–water partition coefficient (Wildman–Crippen LogP) is 2.32. The summed E-state index contributed by atoms with van der Waals surface area (Å²) in [4.78, 5) is 17.5. The lowest BCUT2D eigenvalue weighted by molar-refractivity contribution is -0.382. The van der Waals surface area contributed by atoms with E-state index in [1.54, 1.807) is 18.3 Å². The molecule has 3 rings (SSSR count). The zero-order valence-electron chi connectivity index (χ0n) is 11.7. The Labute approximate surface area is 122 Å². The fraction of sp³-hybridized carbons (Fsp3) is 0.400. The summed E-state index contributed by atoms with van der Waals surface area (Å²) in [7, 11) is 0. The molecule has 2 heterocycles. The molecule has 0 unspecified atom stereocenters. The number of aromatic nitrogens is 1. The smallest absolute Gasteiger partial charge is 0.301 e. The van der Waals surface area contributed by atoms with Crippen LogP contribution in [0.4, 0.5) is 11.4 Å². The Kier molecular flexibility index (Phi) is 3.70. The zero-order valence-corrected chi connectivity index (χ0v) is 11.7. The molecule has 0 saturated carbocycles. The molecule has 2 aromatic rings. The monoisotopic (exact) mass is 286 g/mol. The highest BCUT2D eigenvalue weighted by Gasteiger charge is 2.26. The van der Waals surface area contributed by atoms with Crippen LogP contribution >= 0.6 is 0 Å². The predicted molar refractivity (Wildman–Crippen MR) is 82.4 cm³/mol. The molecule has 0 aliphatic carbocycles. The molecule has 110 valence electrons. The van der Waals surface area contributed by atoms with Crippen LogP contribution < -0.4 is 10.6 Å². The molecule has 1 aromatic heterocycles. The quantitative estimate of drug-likeness (QED) is 0.691. The van der Waals surface area contributed by atoms with Crippen molar-refractivity contribution in [3.8, 4) is 0 Å². The number of pyridine rings is 1. The van der Waals surface area contributed by atoms with Crippen LogP contribution in [0.3, 0.4) is 0 Å². The van der Waals surface area contributed by atoms with Crippen molar-refractivity contribution < 1.29 is 4.92 Å². The first-order valence-electron chi connectivity index (χ1n) is 7.18. The van der Waals surface area contributed by atoms with Crippen LogP contribution in [0, 0.1) is 16.0 Å². The Balaban J connectivity index is 2.02. The molecule has 1 aliphatic rings. The Morgan fingerprint density at radius 2 is 2.10 bits per heavy atom. The SMILES string of the molecule is NCC1CCN(c2ccc3ncccc3c2[N+](=O)[O-])CC1. The lowest BCUT2D eigenvalue weighted by Crippen LogP contribution is -2.36. The van der Waals surface area contributed by atoms with Gasteiger partial charge in [0.15, 0.2) is 0 Å². The van der Waals surface area contributed by atoms with Crippen molar-refractivity contribution in [3.05, 3.63) is 40.6 Å². The van der Waals surface area contributed by atoms with Gasteiger partial charge in [0.2, 0.25) is 0 Å². The average molecular weight is 286 g/mol. The van der Waals surface area contributed by atoms with E-state index < -0.39 is 0 Å². The van der Waals surface area contributed by atoms with Crippen molar-refractivity contribution in [1.29, 1.82) is 0 Å². The maximum absolute atomic E-state index is 11.5. The third-order valence-corrected chi connectivity index (χ3v) is 4.21. The average Bonchev–Trinajstić information content (AvgIpc) is 2.53. The van der Waals surface area contributed by atoms with Gasteiger partial charge in [-0.1, -0.05) is 0 Å². The molecule has 1 aromatic carbocycles. The van der Waals surface area contributed by atoms with Gasteiger partial charge in [-0.3, -0.25) is 15.1 Å². The number of anilines is 1. The molecule has 6 nitrogen and oxygen atoms in total. The summed E-state index contributed by atoms with van der Waals surface area (Å²) >= 11 is 0. The van der Waals surface area contributed by atoms with E-state index in [1.165, 1.54) is 0 Å². The van der Waals surface area contributed by atoms with Crippen molar-refractivity contribution >= 4 is 22.3 Å². The third kappa shape index (κ3) is 2.54. The van der Waals surface area contributed by atoms with Crippen molar-refractivity contribution in [3.63, 3.8) is 0 Å². The molecule has 1 fully saturated rings. The molecule has 0 spiro atoms. The van der Waals surface area contributed by atoms with Crippen LogP contribution in [-0.2, 0) is 0 Å². The summed E-state index contributed by atoms with van der Waals surface area (Å²) in [6.07, 6.45) is 3.62. The number of hydrogen-bond donors (Lipinski definition) is 1. The van der Waals surface area contributed by atoms with Gasteiger partial charge in [-0.25, -0.2) is 0 Å². The van der Waals surface area contributed by atoms with Crippen molar-refractivity contribution in [1.82, 2.24) is 4.98 Å². The van der Waals surface area contributed by atoms with Crippen molar-refractivity contribution in [2.75, 3.05) is 24.5 Å². The largest absolute Gasteiger partial charge is 0.366 e. The van der Waals surface area contributed by atoms with Crippen LogP contribution in [0.5, 0.6) is 0 Å². The number of hydrogen-bond acceptors (Lipinski definition) is 5. The van der Waals surface area contributed by atoms with E-state index in [0.29, 0.717) is 29.1 Å². The Morgan fingerprint density at radius 3 is 2.76 bits per heavy atom. The number of nitro groups is 1. The fourth-order valence-electron chi connectivity index (χ4n) is 2.98. The van der Waals surface area contributed by atoms with Crippen LogP contribution in [0.15, 0.2) is 30.5 Å². The second kappa shape index (κ2) is 5.65. The van der Waals surface area contributed by atoms with Gasteiger partial charge in [0.05, 0.1) is 15.8 Å². The molecule has 0 amide bonds. The zero-order chi connectivity index (χ0) is 14.8. The van der Waals surface area contributed by atoms with Gasteiger partial charge >= 0.3 is 5.69 Å². The standard InChI is InChI=1S/C15H18N4O2/c16-10-11-5-8-18(9-6-11)14-4-3-13-12(2-1-7-17-13)15(14)19(20)21/h1-4,7,11H,5-6,8-10,16H2. The van der Waals surface area contributed by atoms with Crippen LogP contribution in [0.1, 0.15) is 12.8 Å². The Hall–Kier alpha value is -2.21. The number of benzene rings is 1. The van der Waals surface area contributed by atoms with Gasteiger partial charge in [0.1, 0.15) is 5.69 Å². The van der Waals surface area contributed by atoms with Crippen LogP contribution in [0.2, 0.25) is 0 Å². The van der Waals surface area contributed by atoms with Gasteiger partial charge in [-0.15, -0.1) is 0 Å². The molecule has 1 saturated heterocycles. The second-order valence-electron chi connectivity index (χ2n) is 5.43. The first kappa shape index (κ1) is 13.8. The minimum atomic E-state index is -0.297. The molecule has 0 bridgehead atoms. The lowest BCUT2D eigenvalue weighted by Gasteiger charge is -2.32. The highest BCUT2D eigenvalue weighted by atomic mass is 16.6. The molecular weight excluding hydrogens is 268 g/mol. The molecule has 1 aliphatic heterocycles. The van der Waals surface area contributed by atoms with Crippen LogP contribution in [0.25, 0.3) is 10.9 Å². The molecule has 0 atom stereocenters. The van der Waals surface area contributed by atoms with E-state index >= 15 is 0 Å². The fourth-order valence-corrected chi connectivity index (χ4v) is 2.98. The van der Waals surface area contributed by atoms with E-state index in [9.17, 15) is 10.1 Å². The number of nitrogens with two attached hydrogens (primary N) is 1. The summed E-state index contributed by atoms with van der Waals surface area (Å²) in [5.41, 5.74) is 7.21. The maximum Gasteiger partial charge on any atom is 0.301 e. The number of fused-ring (bicyclic) bond motifs is 1. The van der Waals surface area contributed by atoms with Gasteiger partial charge in [0.25, 0.3) is 0 Å². The minimum absolute atomic E-state index is 0.159. The van der Waals surface area contributed by atoms with Gasteiger partial charge in [-0.05, 0) is 49.6 Å². The second-order valence-corrected chi connectivity index (χ2v) is 5.43. The Morgan fingerprint density at radius 1 is 1.33 bits per heavy atom. The van der Waals surface area contributed by atoms with Gasteiger partial charge < -0.3 is 10.6 Å². The topological polar surface area (TPSA) is 85.3 Å². The molecule has 21 heavy (non-hydrogen) atoms. The van der Waals surface area contributed by atoms with E-state index in [1.807, 2.05) is 12.1 Å². The van der Waals surface area contributed by atoms with Gasteiger partial charge in [-0.2, -0.15) is 0 Å². The number of piperidine rings is 1. The van der Waals surface area contributed by atoms with Crippen molar-refractivity contribution in [2.24, 2.45) is 11.7 Å². The lowest BCUT2D eigenvalue weighted by atomic mass is 9.96. The normalized spacial score (nSPS) is 16.3. The summed E-state index contributed by atoms with van der Waals surface area (Å²) in [5.74, 6) is 0.530. The van der Waals surface area contributed by atoms with E-state index in [-0.39, 0.29) is 10.6 Å². The number of nitro benzene ring substituents is 1. The summed E-state index contributed by atoms with van der Waals surface area (Å²) in [5, 5.41) is 12.1.